The summed E-state index contributed by atoms with van der Waals surface area (Å²) in [6.07, 6.45) is 0. The van der Waals surface area contributed by atoms with E-state index in [-0.39, 0.29) is 40.7 Å². The van der Waals surface area contributed by atoms with Gasteiger partial charge in [-0.3, -0.25) is 24.7 Å². The molecule has 3 aromatic rings. The van der Waals surface area contributed by atoms with E-state index in [1.807, 2.05) is 0 Å². The molecule has 45 heavy (non-hydrogen) atoms. The van der Waals surface area contributed by atoms with E-state index in [1.165, 1.54) is 47.6 Å². The smallest absolute Gasteiger partial charge is 0.336 e. The van der Waals surface area contributed by atoms with Crippen molar-refractivity contribution < 1.29 is 29.1 Å². The third-order valence-electron chi connectivity index (χ3n) is 8.80. The standard InChI is InChI=1S/C34H34N4O7/c1-21-28(29(30(32(39)35-21)33(40)44-2)22-8-7-9-23(20-22)38(42)43)34(41)45-19-18-36-14-16-37(17-15-36)31-26-12-5-3-10-24(26)25-11-4-6-13-27(25)31/h3-13,20,29,31,40H,14-19H2,1-2H3,(H,35,39). The number of hydrogen-bond acceptors (Lipinski definition) is 9. The number of hydrogen-bond donors (Lipinski definition) is 2. The molecule has 1 unspecified atom stereocenters. The molecule has 2 aliphatic heterocycles. The number of allylic oxidation sites excluding steroid dienone is 1. The van der Waals surface area contributed by atoms with Gasteiger partial charge in [-0.15, -0.1) is 0 Å². The second-order valence-electron chi connectivity index (χ2n) is 11.3. The van der Waals surface area contributed by atoms with Crippen LogP contribution in [0.5, 0.6) is 0 Å². The van der Waals surface area contributed by atoms with Crippen molar-refractivity contribution >= 4 is 17.6 Å². The van der Waals surface area contributed by atoms with Crippen LogP contribution in [-0.2, 0) is 19.1 Å². The molecule has 11 heteroatoms. The predicted octanol–water partition coefficient (Wildman–Crippen LogP) is 4.43. The van der Waals surface area contributed by atoms with Crippen LogP contribution in [0.1, 0.15) is 35.6 Å². The highest BCUT2D eigenvalue weighted by atomic mass is 16.6. The van der Waals surface area contributed by atoms with Crippen molar-refractivity contribution in [2.24, 2.45) is 0 Å². The summed E-state index contributed by atoms with van der Waals surface area (Å²) in [4.78, 5) is 42.1. The minimum absolute atomic E-state index is 0.0667. The highest BCUT2D eigenvalue weighted by Crippen LogP contribution is 2.46. The Morgan fingerprint density at radius 1 is 1.00 bits per heavy atom. The van der Waals surface area contributed by atoms with Crippen LogP contribution in [0.25, 0.3) is 11.1 Å². The summed E-state index contributed by atoms with van der Waals surface area (Å²) in [5, 5.41) is 24.5. The zero-order valence-corrected chi connectivity index (χ0v) is 25.1. The Morgan fingerprint density at radius 2 is 1.64 bits per heavy atom. The Kier molecular flexibility index (Phi) is 8.38. The van der Waals surface area contributed by atoms with E-state index in [2.05, 4.69) is 63.6 Å². The molecule has 3 aromatic carbocycles. The van der Waals surface area contributed by atoms with Crippen LogP contribution in [0.15, 0.2) is 95.6 Å². The van der Waals surface area contributed by atoms with E-state index in [4.69, 9.17) is 9.47 Å². The average Bonchev–Trinajstić information content (AvgIpc) is 3.39. The lowest BCUT2D eigenvalue weighted by atomic mass is 9.80. The SMILES string of the molecule is COC(O)=C1C(=O)NC(C)=C(C(=O)OCCN2CCN(C3c4ccccc4-c4ccccc43)CC2)C1c1cccc([N+](=O)[O-])c1. The lowest BCUT2D eigenvalue weighted by Gasteiger charge is -2.38. The van der Waals surface area contributed by atoms with Crippen LogP contribution >= 0.6 is 0 Å². The molecule has 1 aliphatic carbocycles. The number of piperazine rings is 1. The van der Waals surface area contributed by atoms with Gasteiger partial charge >= 0.3 is 5.97 Å². The third-order valence-corrected chi connectivity index (χ3v) is 8.80. The monoisotopic (exact) mass is 610 g/mol. The van der Waals surface area contributed by atoms with Crippen molar-refractivity contribution in [1.29, 1.82) is 0 Å². The van der Waals surface area contributed by atoms with Crippen LogP contribution in [-0.4, -0.2) is 78.1 Å². The fraction of sp³-hybridized carbons (Fsp3) is 0.294. The van der Waals surface area contributed by atoms with E-state index in [1.54, 1.807) is 13.0 Å². The van der Waals surface area contributed by atoms with E-state index in [0.29, 0.717) is 6.54 Å². The number of non-ortho nitro benzene ring substituents is 1. The molecule has 2 heterocycles. The highest BCUT2D eigenvalue weighted by molar-refractivity contribution is 6.04. The zero-order valence-electron chi connectivity index (χ0n) is 25.1. The molecule has 0 radical (unpaired) electrons. The Balaban J connectivity index is 1.13. The number of aliphatic hydroxyl groups excluding tert-OH is 1. The topological polar surface area (TPSA) is 134 Å². The van der Waals surface area contributed by atoms with E-state index >= 15 is 0 Å². The van der Waals surface area contributed by atoms with Gasteiger partial charge in [0.05, 0.1) is 29.6 Å². The minimum Gasteiger partial charge on any atom is -0.481 e. The number of methoxy groups -OCH3 is 1. The number of ether oxygens (including phenoxy) is 2. The van der Waals surface area contributed by atoms with Crippen molar-refractivity contribution in [3.8, 4) is 11.1 Å². The maximum Gasteiger partial charge on any atom is 0.336 e. The normalized spacial score (nSPS) is 19.9. The molecule has 1 fully saturated rings. The quantitative estimate of drug-likeness (QED) is 0.125. The van der Waals surface area contributed by atoms with Crippen LogP contribution in [0.4, 0.5) is 5.69 Å². The number of carbonyl (C=O) groups is 2. The van der Waals surface area contributed by atoms with Gasteiger partial charge < -0.3 is 19.9 Å². The van der Waals surface area contributed by atoms with Crippen molar-refractivity contribution in [3.63, 3.8) is 0 Å². The second-order valence-corrected chi connectivity index (χ2v) is 11.3. The van der Waals surface area contributed by atoms with Crippen LogP contribution in [0.2, 0.25) is 0 Å². The molecule has 0 saturated carbocycles. The van der Waals surface area contributed by atoms with Crippen molar-refractivity contribution in [2.45, 2.75) is 18.9 Å². The summed E-state index contributed by atoms with van der Waals surface area (Å²) in [6, 6.07) is 23.0. The molecule has 0 spiro atoms. The number of nitrogens with zero attached hydrogens (tertiary/aromatic N) is 3. The van der Waals surface area contributed by atoms with Gasteiger partial charge in [-0.2, -0.15) is 0 Å². The summed E-state index contributed by atoms with van der Waals surface area (Å²) >= 11 is 0. The number of esters is 1. The Bertz CT molecular complexity index is 1680. The molecule has 6 rings (SSSR count). The van der Waals surface area contributed by atoms with Crippen molar-refractivity contribution in [2.75, 3.05) is 46.4 Å². The summed E-state index contributed by atoms with van der Waals surface area (Å²) in [5.41, 5.74) is 5.36. The van der Waals surface area contributed by atoms with E-state index in [0.717, 1.165) is 26.2 Å². The molecule has 1 atom stereocenters. The fourth-order valence-corrected chi connectivity index (χ4v) is 6.66. The molecule has 3 aliphatic rings. The van der Waals surface area contributed by atoms with Gasteiger partial charge in [-0.1, -0.05) is 60.7 Å². The number of nitrogens with one attached hydrogen (secondary N) is 1. The number of amides is 1. The first-order valence-electron chi connectivity index (χ1n) is 14.8. The number of nitro benzene ring substituents is 1. The average molecular weight is 611 g/mol. The molecule has 232 valence electrons. The number of benzene rings is 3. The lowest BCUT2D eigenvalue weighted by molar-refractivity contribution is -0.384. The zero-order chi connectivity index (χ0) is 31.7. The number of carbonyl (C=O) groups excluding carboxylic acids is 2. The largest absolute Gasteiger partial charge is 0.481 e. The van der Waals surface area contributed by atoms with Gasteiger partial charge in [0.15, 0.2) is 0 Å². The number of fused-ring (bicyclic) bond motifs is 3. The van der Waals surface area contributed by atoms with Gasteiger partial charge in [0.1, 0.15) is 12.2 Å². The number of nitro groups is 1. The van der Waals surface area contributed by atoms with Crippen molar-refractivity contribution in [1.82, 2.24) is 15.1 Å². The molecular formula is C34H34N4O7. The predicted molar refractivity (Wildman–Crippen MR) is 166 cm³/mol. The van der Waals surface area contributed by atoms with Crippen LogP contribution in [0, 0.1) is 10.1 Å². The maximum absolute atomic E-state index is 13.5. The number of rotatable bonds is 8. The highest BCUT2D eigenvalue weighted by Gasteiger charge is 2.41. The third kappa shape index (κ3) is 5.67. The molecule has 11 nitrogen and oxygen atoms in total. The maximum atomic E-state index is 13.5. The Hall–Kier alpha value is -5.00. The first-order chi connectivity index (χ1) is 21.8. The molecule has 0 bridgehead atoms. The van der Waals surface area contributed by atoms with Gasteiger partial charge in [0.2, 0.25) is 0 Å². The first-order valence-corrected chi connectivity index (χ1v) is 14.8. The van der Waals surface area contributed by atoms with Gasteiger partial charge in [-0.05, 0) is 34.7 Å². The van der Waals surface area contributed by atoms with Crippen LogP contribution < -0.4 is 5.32 Å². The van der Waals surface area contributed by atoms with Gasteiger partial charge in [0, 0.05) is 50.6 Å². The van der Waals surface area contributed by atoms with Gasteiger partial charge in [-0.25, -0.2) is 4.79 Å². The summed E-state index contributed by atoms with van der Waals surface area (Å²) < 4.78 is 10.7. The molecule has 1 amide bonds. The summed E-state index contributed by atoms with van der Waals surface area (Å²) in [5.74, 6) is -3.19. The molecular weight excluding hydrogens is 576 g/mol. The number of aliphatic hydroxyl groups is 1. The molecule has 1 saturated heterocycles. The lowest BCUT2D eigenvalue weighted by Crippen LogP contribution is -2.48. The summed E-state index contributed by atoms with van der Waals surface area (Å²) in [6.45, 7) is 5.51. The Morgan fingerprint density at radius 3 is 2.27 bits per heavy atom. The molecule has 2 N–H and O–H groups in total. The Labute approximate surface area is 260 Å². The fourth-order valence-electron chi connectivity index (χ4n) is 6.66. The van der Waals surface area contributed by atoms with E-state index in [9.17, 15) is 24.8 Å². The summed E-state index contributed by atoms with van der Waals surface area (Å²) in [7, 11) is 1.19. The van der Waals surface area contributed by atoms with E-state index < -0.39 is 28.7 Å². The minimum atomic E-state index is -1.13. The van der Waals surface area contributed by atoms with Crippen LogP contribution in [0.3, 0.4) is 0 Å². The molecule has 0 aromatic heterocycles. The first kappa shape index (κ1) is 30.0. The second kappa shape index (κ2) is 12.5. The van der Waals surface area contributed by atoms with Crippen molar-refractivity contribution in [3.05, 3.63) is 122 Å². The van der Waals surface area contributed by atoms with Gasteiger partial charge in [0.25, 0.3) is 17.5 Å².